The molecule has 0 bridgehead atoms. The molecule has 0 aliphatic carbocycles. The van der Waals surface area contributed by atoms with E-state index in [1.165, 1.54) is 12.1 Å². The van der Waals surface area contributed by atoms with Crippen LogP contribution in [-0.2, 0) is 13.5 Å². The summed E-state index contributed by atoms with van der Waals surface area (Å²) in [6.07, 6.45) is 2.59. The maximum atomic E-state index is 13.1. The Hall–Kier alpha value is -2.04. The van der Waals surface area contributed by atoms with E-state index in [4.69, 9.17) is 5.73 Å². The predicted molar refractivity (Wildman–Crippen MR) is 66.2 cm³/mol. The number of aromatic nitrogens is 2. The van der Waals surface area contributed by atoms with Gasteiger partial charge in [-0.3, -0.25) is 4.68 Å². The summed E-state index contributed by atoms with van der Waals surface area (Å²) in [5.74, 6) is -0.326. The Balaban J connectivity index is 1.92. The highest BCUT2D eigenvalue weighted by atomic mass is 19.1. The monoisotopic (exact) mass is 234 g/mol. The highest BCUT2D eigenvalue weighted by molar-refractivity contribution is 5.54. The lowest BCUT2D eigenvalue weighted by Gasteiger charge is -2.07. The maximum absolute atomic E-state index is 13.1. The van der Waals surface area contributed by atoms with Gasteiger partial charge in [-0.15, -0.1) is 0 Å². The zero-order valence-corrected chi connectivity index (χ0v) is 9.65. The van der Waals surface area contributed by atoms with Crippen molar-refractivity contribution in [1.82, 2.24) is 9.78 Å². The summed E-state index contributed by atoms with van der Waals surface area (Å²) in [5, 5.41) is 7.21. The smallest absolute Gasteiger partial charge is 0.127 e. The molecule has 3 N–H and O–H groups in total. The second-order valence-corrected chi connectivity index (χ2v) is 3.90. The molecule has 0 aliphatic rings. The van der Waals surface area contributed by atoms with Gasteiger partial charge in [-0.25, -0.2) is 4.39 Å². The van der Waals surface area contributed by atoms with Gasteiger partial charge in [0.1, 0.15) is 5.82 Å². The van der Waals surface area contributed by atoms with Crippen molar-refractivity contribution in [3.63, 3.8) is 0 Å². The van der Waals surface area contributed by atoms with E-state index in [-0.39, 0.29) is 5.82 Å². The average molecular weight is 234 g/mol. The van der Waals surface area contributed by atoms with Crippen molar-refractivity contribution in [3.8, 4) is 0 Å². The van der Waals surface area contributed by atoms with Gasteiger partial charge in [-0.2, -0.15) is 5.10 Å². The van der Waals surface area contributed by atoms with E-state index in [2.05, 4.69) is 10.4 Å². The van der Waals surface area contributed by atoms with Crippen molar-refractivity contribution in [3.05, 3.63) is 42.0 Å². The van der Waals surface area contributed by atoms with Crippen LogP contribution in [0.25, 0.3) is 0 Å². The molecule has 17 heavy (non-hydrogen) atoms. The molecule has 5 heteroatoms. The Morgan fingerprint density at radius 3 is 2.88 bits per heavy atom. The van der Waals surface area contributed by atoms with Crippen LogP contribution in [0.3, 0.4) is 0 Å². The minimum absolute atomic E-state index is 0.326. The lowest BCUT2D eigenvalue weighted by atomic mass is 10.2. The SMILES string of the molecule is Cn1nccc1CCNc1cc(N)cc(F)c1. The Morgan fingerprint density at radius 2 is 2.24 bits per heavy atom. The third-order valence-corrected chi connectivity index (χ3v) is 2.55. The number of nitrogens with zero attached hydrogens (tertiary/aromatic N) is 2. The summed E-state index contributed by atoms with van der Waals surface area (Å²) in [4.78, 5) is 0. The first-order valence-electron chi connectivity index (χ1n) is 5.42. The number of rotatable bonds is 4. The first-order valence-corrected chi connectivity index (χ1v) is 5.42. The topological polar surface area (TPSA) is 55.9 Å². The van der Waals surface area contributed by atoms with Crippen LogP contribution in [0, 0.1) is 5.82 Å². The number of nitrogen functional groups attached to an aromatic ring is 1. The van der Waals surface area contributed by atoms with Gasteiger partial charge in [0.25, 0.3) is 0 Å². The van der Waals surface area contributed by atoms with Crippen LogP contribution in [0.4, 0.5) is 15.8 Å². The van der Waals surface area contributed by atoms with Crippen molar-refractivity contribution in [2.75, 3.05) is 17.6 Å². The van der Waals surface area contributed by atoms with Crippen molar-refractivity contribution in [2.24, 2.45) is 7.05 Å². The second kappa shape index (κ2) is 4.86. The highest BCUT2D eigenvalue weighted by Crippen LogP contribution is 2.15. The van der Waals surface area contributed by atoms with Gasteiger partial charge in [0, 0.05) is 43.3 Å². The lowest BCUT2D eigenvalue weighted by Crippen LogP contribution is -2.08. The Bertz CT molecular complexity index is 487. The minimum Gasteiger partial charge on any atom is -0.399 e. The van der Waals surface area contributed by atoms with Gasteiger partial charge < -0.3 is 11.1 Å². The zero-order valence-electron chi connectivity index (χ0n) is 9.65. The molecular weight excluding hydrogens is 219 g/mol. The third-order valence-electron chi connectivity index (χ3n) is 2.55. The summed E-state index contributed by atoms with van der Waals surface area (Å²) < 4.78 is 14.9. The average Bonchev–Trinajstić information content (AvgIpc) is 2.63. The molecule has 0 aliphatic heterocycles. The number of halogens is 1. The quantitative estimate of drug-likeness (QED) is 0.793. The van der Waals surface area contributed by atoms with E-state index in [1.54, 1.807) is 12.3 Å². The maximum Gasteiger partial charge on any atom is 0.127 e. The molecule has 0 amide bonds. The van der Waals surface area contributed by atoms with Crippen LogP contribution in [0.1, 0.15) is 5.69 Å². The Morgan fingerprint density at radius 1 is 1.41 bits per heavy atom. The summed E-state index contributed by atoms with van der Waals surface area (Å²) in [6, 6.07) is 6.40. The standard InChI is InChI=1S/C12H15FN4/c1-17-12(3-5-16-17)2-4-15-11-7-9(13)6-10(14)8-11/h3,5-8,15H,2,4,14H2,1H3. The van der Waals surface area contributed by atoms with Crippen molar-refractivity contribution in [2.45, 2.75) is 6.42 Å². The fraction of sp³-hybridized carbons (Fsp3) is 0.250. The van der Waals surface area contributed by atoms with Crippen LogP contribution in [0.2, 0.25) is 0 Å². The number of benzene rings is 1. The molecule has 1 aromatic carbocycles. The number of nitrogens with two attached hydrogens (primary N) is 1. The molecule has 2 rings (SSSR count). The highest BCUT2D eigenvalue weighted by Gasteiger charge is 2.00. The number of nitrogens with one attached hydrogen (secondary N) is 1. The second-order valence-electron chi connectivity index (χ2n) is 3.90. The van der Waals surface area contributed by atoms with Crippen molar-refractivity contribution >= 4 is 11.4 Å². The Labute approximate surface area is 99.2 Å². The molecule has 1 heterocycles. The van der Waals surface area contributed by atoms with Gasteiger partial charge in [0.15, 0.2) is 0 Å². The summed E-state index contributed by atoms with van der Waals surface area (Å²) >= 11 is 0. The van der Waals surface area contributed by atoms with E-state index < -0.39 is 0 Å². The van der Waals surface area contributed by atoms with Gasteiger partial charge in [-0.1, -0.05) is 0 Å². The molecule has 0 spiro atoms. The summed E-state index contributed by atoms with van der Waals surface area (Å²) in [6.45, 7) is 0.711. The molecule has 0 unspecified atom stereocenters. The van der Waals surface area contributed by atoms with Crippen LogP contribution < -0.4 is 11.1 Å². The van der Waals surface area contributed by atoms with E-state index >= 15 is 0 Å². The first kappa shape index (κ1) is 11.4. The number of hydrogen-bond acceptors (Lipinski definition) is 3. The minimum atomic E-state index is -0.326. The molecule has 4 nitrogen and oxygen atoms in total. The summed E-state index contributed by atoms with van der Waals surface area (Å²) in [5.41, 5.74) is 7.81. The van der Waals surface area contributed by atoms with Crippen LogP contribution in [-0.4, -0.2) is 16.3 Å². The molecule has 0 radical (unpaired) electrons. The zero-order chi connectivity index (χ0) is 12.3. The molecule has 0 fully saturated rings. The van der Waals surface area contributed by atoms with E-state index in [1.807, 2.05) is 17.8 Å². The molecule has 0 saturated heterocycles. The predicted octanol–water partition coefficient (Wildman–Crippen LogP) is 1.80. The number of anilines is 2. The molecule has 90 valence electrons. The number of hydrogen-bond donors (Lipinski definition) is 2. The van der Waals surface area contributed by atoms with Crippen LogP contribution in [0.15, 0.2) is 30.5 Å². The van der Waals surface area contributed by atoms with E-state index in [9.17, 15) is 4.39 Å². The van der Waals surface area contributed by atoms with Crippen molar-refractivity contribution < 1.29 is 4.39 Å². The fourth-order valence-corrected chi connectivity index (χ4v) is 1.70. The molecule has 2 aromatic rings. The molecular formula is C12H15FN4. The van der Waals surface area contributed by atoms with Gasteiger partial charge in [-0.05, 0) is 24.3 Å². The van der Waals surface area contributed by atoms with Gasteiger partial charge >= 0.3 is 0 Å². The van der Waals surface area contributed by atoms with E-state index in [0.717, 1.165) is 12.1 Å². The van der Waals surface area contributed by atoms with Crippen LogP contribution in [0.5, 0.6) is 0 Å². The van der Waals surface area contributed by atoms with Crippen LogP contribution >= 0.6 is 0 Å². The molecule has 1 aromatic heterocycles. The number of aryl methyl sites for hydroxylation is 1. The van der Waals surface area contributed by atoms with E-state index in [0.29, 0.717) is 17.9 Å². The fourth-order valence-electron chi connectivity index (χ4n) is 1.70. The normalized spacial score (nSPS) is 10.5. The third kappa shape index (κ3) is 2.96. The summed E-state index contributed by atoms with van der Waals surface area (Å²) in [7, 11) is 1.90. The van der Waals surface area contributed by atoms with Gasteiger partial charge in [0.05, 0.1) is 0 Å². The van der Waals surface area contributed by atoms with Gasteiger partial charge in [0.2, 0.25) is 0 Å². The first-order chi connectivity index (χ1) is 8.15. The molecule has 0 saturated carbocycles. The Kier molecular flexibility index (Phi) is 3.27. The largest absolute Gasteiger partial charge is 0.399 e. The molecule has 0 atom stereocenters. The van der Waals surface area contributed by atoms with Crippen molar-refractivity contribution in [1.29, 1.82) is 0 Å². The lowest BCUT2D eigenvalue weighted by molar-refractivity contribution is 0.629.